The van der Waals surface area contributed by atoms with E-state index < -0.39 is 5.60 Å². The van der Waals surface area contributed by atoms with Gasteiger partial charge in [0.05, 0.1) is 12.2 Å². The van der Waals surface area contributed by atoms with Gasteiger partial charge in [0.15, 0.2) is 0 Å². The zero-order chi connectivity index (χ0) is 13.2. The van der Waals surface area contributed by atoms with Crippen LogP contribution in [0.2, 0.25) is 0 Å². The van der Waals surface area contributed by atoms with Crippen molar-refractivity contribution < 1.29 is 9.84 Å². The van der Waals surface area contributed by atoms with Crippen molar-refractivity contribution in [1.82, 2.24) is 4.98 Å². The highest BCUT2D eigenvalue weighted by Gasteiger charge is 2.12. The van der Waals surface area contributed by atoms with Gasteiger partial charge in [-0.1, -0.05) is 18.2 Å². The Kier molecular flexibility index (Phi) is 3.53. The summed E-state index contributed by atoms with van der Waals surface area (Å²) in [4.78, 5) is 4.50. The zero-order valence-electron chi connectivity index (χ0n) is 11.1. The van der Waals surface area contributed by atoms with Crippen molar-refractivity contribution in [2.75, 3.05) is 6.61 Å². The first-order valence-electron chi connectivity index (χ1n) is 6.17. The Hall–Kier alpha value is -1.61. The molecule has 2 aromatic rings. The maximum Gasteiger partial charge on any atom is 0.145 e. The third-order valence-corrected chi connectivity index (χ3v) is 2.79. The molecule has 3 heteroatoms. The minimum atomic E-state index is -0.700. The van der Waals surface area contributed by atoms with Gasteiger partial charge in [-0.3, -0.25) is 0 Å². The van der Waals surface area contributed by atoms with Crippen molar-refractivity contribution in [1.29, 1.82) is 0 Å². The number of hydrogen-bond donors (Lipinski definition) is 1. The summed E-state index contributed by atoms with van der Waals surface area (Å²) in [6.07, 6.45) is 0.592. The van der Waals surface area contributed by atoms with Gasteiger partial charge in [-0.05, 0) is 32.9 Å². The first-order chi connectivity index (χ1) is 8.46. The molecule has 0 fully saturated rings. The highest BCUT2D eigenvalue weighted by atomic mass is 16.5. The van der Waals surface area contributed by atoms with Crippen LogP contribution in [0.4, 0.5) is 0 Å². The van der Waals surface area contributed by atoms with Crippen molar-refractivity contribution >= 4 is 10.9 Å². The lowest BCUT2D eigenvalue weighted by molar-refractivity contribution is 0.0555. The minimum Gasteiger partial charge on any atom is -0.491 e. The quantitative estimate of drug-likeness (QED) is 0.900. The Morgan fingerprint density at radius 3 is 2.72 bits per heavy atom. The summed E-state index contributed by atoms with van der Waals surface area (Å²) < 4.78 is 5.73. The van der Waals surface area contributed by atoms with Crippen LogP contribution in [0.5, 0.6) is 5.75 Å². The van der Waals surface area contributed by atoms with Gasteiger partial charge < -0.3 is 9.84 Å². The van der Waals surface area contributed by atoms with Crippen LogP contribution < -0.4 is 4.74 Å². The van der Waals surface area contributed by atoms with Crippen LogP contribution in [0, 0.1) is 6.92 Å². The van der Waals surface area contributed by atoms with E-state index in [0.29, 0.717) is 13.0 Å². The normalized spacial score (nSPS) is 11.8. The van der Waals surface area contributed by atoms with E-state index in [4.69, 9.17) is 4.74 Å². The molecule has 1 aromatic carbocycles. The summed E-state index contributed by atoms with van der Waals surface area (Å²) in [7, 11) is 0. The number of fused-ring (bicyclic) bond motifs is 1. The molecule has 0 aliphatic rings. The molecule has 0 radical (unpaired) electrons. The molecule has 0 aliphatic heterocycles. The van der Waals surface area contributed by atoms with Crippen LogP contribution in [-0.2, 0) is 0 Å². The van der Waals surface area contributed by atoms with Crippen molar-refractivity contribution in [3.8, 4) is 5.75 Å². The number of aliphatic hydroxyl groups is 1. The number of benzene rings is 1. The van der Waals surface area contributed by atoms with Crippen LogP contribution in [0.25, 0.3) is 10.9 Å². The average molecular weight is 245 g/mol. The largest absolute Gasteiger partial charge is 0.491 e. The lowest BCUT2D eigenvalue weighted by atomic mass is 10.1. The first kappa shape index (κ1) is 12.8. The number of aryl methyl sites for hydroxylation is 1. The van der Waals surface area contributed by atoms with Crippen molar-refractivity contribution in [2.24, 2.45) is 0 Å². The summed E-state index contributed by atoms with van der Waals surface area (Å²) >= 11 is 0. The highest BCUT2D eigenvalue weighted by Crippen LogP contribution is 2.24. The van der Waals surface area contributed by atoms with Crippen molar-refractivity contribution in [3.05, 3.63) is 36.0 Å². The van der Waals surface area contributed by atoms with Gasteiger partial charge in [-0.2, -0.15) is 0 Å². The maximum absolute atomic E-state index is 9.66. The Morgan fingerprint density at radius 1 is 1.22 bits per heavy atom. The predicted molar refractivity (Wildman–Crippen MR) is 72.9 cm³/mol. The second kappa shape index (κ2) is 4.94. The molecule has 0 saturated heterocycles. The van der Waals surface area contributed by atoms with E-state index in [1.165, 1.54) is 0 Å². The van der Waals surface area contributed by atoms with E-state index in [1.807, 2.05) is 37.3 Å². The summed E-state index contributed by atoms with van der Waals surface area (Å²) in [5.74, 6) is 0.778. The Bertz CT molecular complexity index is 544. The van der Waals surface area contributed by atoms with Gasteiger partial charge in [-0.15, -0.1) is 0 Å². The van der Waals surface area contributed by atoms with E-state index in [2.05, 4.69) is 4.98 Å². The van der Waals surface area contributed by atoms with Crippen LogP contribution in [0.15, 0.2) is 30.3 Å². The summed E-state index contributed by atoms with van der Waals surface area (Å²) in [6.45, 7) is 6.01. The summed E-state index contributed by atoms with van der Waals surface area (Å²) in [6, 6.07) is 9.92. The van der Waals surface area contributed by atoms with Crippen molar-refractivity contribution in [3.63, 3.8) is 0 Å². The first-order valence-corrected chi connectivity index (χ1v) is 6.17. The predicted octanol–water partition coefficient (Wildman–Crippen LogP) is 3.08. The molecule has 0 unspecified atom stereocenters. The molecule has 1 N–H and O–H groups in total. The number of ether oxygens (including phenoxy) is 1. The van der Waals surface area contributed by atoms with Gasteiger partial charge in [0.1, 0.15) is 11.3 Å². The molecule has 1 aromatic heterocycles. The Morgan fingerprint density at radius 2 is 2.00 bits per heavy atom. The molecule has 96 valence electrons. The second-order valence-corrected chi connectivity index (χ2v) is 5.19. The molecule has 0 spiro atoms. The molecule has 0 amide bonds. The summed E-state index contributed by atoms with van der Waals surface area (Å²) in [5.41, 5.74) is 1.16. The van der Waals surface area contributed by atoms with E-state index in [-0.39, 0.29) is 0 Å². The number of para-hydroxylation sites is 1. The fourth-order valence-corrected chi connectivity index (χ4v) is 1.74. The number of pyridine rings is 1. The molecule has 0 aliphatic carbocycles. The van der Waals surface area contributed by atoms with Crippen LogP contribution in [0.3, 0.4) is 0 Å². The van der Waals surface area contributed by atoms with Gasteiger partial charge in [-0.25, -0.2) is 4.98 Å². The van der Waals surface area contributed by atoms with Crippen LogP contribution >= 0.6 is 0 Å². The van der Waals surface area contributed by atoms with Gasteiger partial charge in [0, 0.05) is 17.5 Å². The van der Waals surface area contributed by atoms with E-state index in [0.717, 1.165) is 22.3 Å². The van der Waals surface area contributed by atoms with Gasteiger partial charge >= 0.3 is 0 Å². The molecule has 0 saturated carbocycles. The maximum atomic E-state index is 9.66. The topological polar surface area (TPSA) is 42.4 Å². The molecule has 3 nitrogen and oxygen atoms in total. The fourth-order valence-electron chi connectivity index (χ4n) is 1.74. The third-order valence-electron chi connectivity index (χ3n) is 2.79. The van der Waals surface area contributed by atoms with E-state index in [1.54, 1.807) is 13.8 Å². The standard InChI is InChI=1S/C15H19NO2/c1-11-7-8-12-5-4-6-13(14(12)16-11)18-10-9-15(2,3)17/h4-8,17H,9-10H2,1-3H3. The third kappa shape index (κ3) is 3.20. The molecule has 0 atom stereocenters. The highest BCUT2D eigenvalue weighted by molar-refractivity contribution is 5.84. The lowest BCUT2D eigenvalue weighted by Crippen LogP contribution is -2.21. The number of hydrogen-bond acceptors (Lipinski definition) is 3. The van der Waals surface area contributed by atoms with Gasteiger partial charge in [0.25, 0.3) is 0 Å². The lowest BCUT2D eigenvalue weighted by Gasteiger charge is -2.17. The van der Waals surface area contributed by atoms with E-state index >= 15 is 0 Å². The minimum absolute atomic E-state index is 0.484. The average Bonchev–Trinajstić information content (AvgIpc) is 2.28. The molecule has 1 heterocycles. The van der Waals surface area contributed by atoms with Gasteiger partial charge in [0.2, 0.25) is 0 Å². The Labute approximate surface area is 107 Å². The molecule has 2 rings (SSSR count). The molecule has 18 heavy (non-hydrogen) atoms. The van der Waals surface area contributed by atoms with Crippen LogP contribution in [0.1, 0.15) is 26.0 Å². The molecular formula is C15H19NO2. The van der Waals surface area contributed by atoms with Crippen molar-refractivity contribution in [2.45, 2.75) is 32.8 Å². The summed E-state index contributed by atoms with van der Waals surface area (Å²) in [5, 5.41) is 10.7. The fraction of sp³-hybridized carbons (Fsp3) is 0.400. The zero-order valence-corrected chi connectivity index (χ0v) is 11.1. The Balaban J connectivity index is 2.20. The number of rotatable bonds is 4. The SMILES string of the molecule is Cc1ccc2cccc(OCCC(C)(C)O)c2n1. The number of aromatic nitrogens is 1. The second-order valence-electron chi connectivity index (χ2n) is 5.19. The van der Waals surface area contributed by atoms with E-state index in [9.17, 15) is 5.11 Å². The monoisotopic (exact) mass is 245 g/mol. The smallest absolute Gasteiger partial charge is 0.145 e. The molecular weight excluding hydrogens is 226 g/mol. The number of nitrogens with zero attached hydrogens (tertiary/aromatic N) is 1. The van der Waals surface area contributed by atoms with Crippen LogP contribution in [-0.4, -0.2) is 22.3 Å². The molecule has 0 bridgehead atoms.